The first-order chi connectivity index (χ1) is 46.1. The van der Waals surface area contributed by atoms with Crippen molar-refractivity contribution in [2.45, 2.75) is 10.8 Å². The van der Waals surface area contributed by atoms with Gasteiger partial charge in [-0.15, -0.1) is 0 Å². The number of fused-ring (bicyclic) bond motifs is 22. The molecule has 1 atom stereocenters. The number of rotatable bonds is 6. The van der Waals surface area contributed by atoms with Crippen LogP contribution >= 0.6 is 0 Å². The highest BCUT2D eigenvalue weighted by atomic mass is 16.5. The van der Waals surface area contributed by atoms with Crippen molar-refractivity contribution >= 4 is 32.8 Å². The van der Waals surface area contributed by atoms with Crippen LogP contribution in [0.5, 0.6) is 23.0 Å². The molecule has 20 rings (SSSR count). The third kappa shape index (κ3) is 7.20. The molecule has 3 aromatic heterocycles. The van der Waals surface area contributed by atoms with E-state index in [-0.39, 0.29) is 0 Å². The van der Waals surface area contributed by atoms with Gasteiger partial charge in [0.15, 0.2) is 0 Å². The van der Waals surface area contributed by atoms with Crippen molar-refractivity contribution in [2.75, 3.05) is 0 Å². The van der Waals surface area contributed by atoms with E-state index in [1.807, 2.05) is 12.3 Å². The molecule has 2 aliphatic heterocycles. The Labute approximate surface area is 536 Å². The summed E-state index contributed by atoms with van der Waals surface area (Å²) in [6, 6.07) is 112. The SMILES string of the molecule is c1ccc(-c2nc3ccccc3n2-c2cccc(-c3cccc4c3Oc3ccccc3C43c4ccccc4-c4cc(-c5ccnc6c5ccc5ccc(-c7cccc(-c8cccc9c8Oc8ccccc8C98c9ccccc9-c9ccccc98)c7)nc56)ccc43)c2)cc1. The molecule has 0 bridgehead atoms. The molecule has 93 heavy (non-hydrogen) atoms. The molecule has 16 aromatic rings. The summed E-state index contributed by atoms with van der Waals surface area (Å²) in [5.41, 5.74) is 27.1. The van der Waals surface area contributed by atoms with E-state index in [0.717, 1.165) is 140 Å². The van der Waals surface area contributed by atoms with Crippen LogP contribution in [-0.2, 0) is 10.8 Å². The second-order valence-electron chi connectivity index (χ2n) is 24.8. The quantitative estimate of drug-likeness (QED) is 0.155. The Balaban J connectivity index is 0.694. The number of nitrogens with zero attached hydrogens (tertiary/aromatic N) is 4. The first-order valence-electron chi connectivity index (χ1n) is 31.8. The number of para-hydroxylation sites is 6. The van der Waals surface area contributed by atoms with E-state index < -0.39 is 10.8 Å². The van der Waals surface area contributed by atoms with E-state index in [9.17, 15) is 0 Å². The normalized spacial score (nSPS) is 14.8. The Hall–Kier alpha value is -12.3. The van der Waals surface area contributed by atoms with Crippen LogP contribution in [0.25, 0.3) is 117 Å². The minimum atomic E-state index is -0.688. The Bertz CT molecular complexity index is 5820. The second kappa shape index (κ2) is 19.6. The summed E-state index contributed by atoms with van der Waals surface area (Å²) in [5, 5.41) is 2.06. The van der Waals surface area contributed by atoms with Gasteiger partial charge < -0.3 is 9.47 Å². The minimum Gasteiger partial charge on any atom is -0.456 e. The summed E-state index contributed by atoms with van der Waals surface area (Å²) in [6.07, 6.45) is 1.94. The number of ether oxygens (including phenoxy) is 2. The van der Waals surface area contributed by atoms with Gasteiger partial charge in [0.1, 0.15) is 28.8 Å². The maximum Gasteiger partial charge on any atom is 0.145 e. The number of aromatic nitrogens is 4. The molecule has 6 nitrogen and oxygen atoms in total. The van der Waals surface area contributed by atoms with Crippen molar-refractivity contribution in [1.82, 2.24) is 19.5 Å². The van der Waals surface area contributed by atoms with E-state index >= 15 is 0 Å². The standard InChI is InChI=1S/C87H52N4O2/c1-2-20-54(21-3-1)85-90-77-38-12-13-39-78(77)91(85)59-25-17-23-56(51-59)62-30-19-37-75-84(62)93-80-41-15-11-35-73(80)87(75)70-33-9-6-28-65(70)67-52-57(43-46-71(67)87)60-48-49-88-82-66(60)45-42-53-44-47-76(89-81(53)82)58-24-16-22-55(50-58)61-29-18-36-74-83(61)92-79-40-14-10-34-72(79)86(74)68-31-7-4-26-63(68)64-27-5-8-32-69(64)86/h1-52H. The molecule has 0 amide bonds. The van der Waals surface area contributed by atoms with Crippen molar-refractivity contribution in [2.24, 2.45) is 0 Å². The molecule has 432 valence electrons. The molecule has 0 saturated carbocycles. The van der Waals surface area contributed by atoms with Gasteiger partial charge in [0, 0.05) is 67.2 Å². The van der Waals surface area contributed by atoms with Crippen LogP contribution in [0.2, 0.25) is 0 Å². The van der Waals surface area contributed by atoms with Crippen LogP contribution in [0.15, 0.2) is 316 Å². The summed E-state index contributed by atoms with van der Waals surface area (Å²) in [6.45, 7) is 0. The van der Waals surface area contributed by atoms with Crippen LogP contribution in [0.3, 0.4) is 0 Å². The van der Waals surface area contributed by atoms with E-state index in [1.165, 1.54) is 44.5 Å². The smallest absolute Gasteiger partial charge is 0.145 e. The van der Waals surface area contributed by atoms with Crippen LogP contribution in [-0.4, -0.2) is 19.5 Å². The Kier molecular flexibility index (Phi) is 10.9. The van der Waals surface area contributed by atoms with Gasteiger partial charge in [-0.2, -0.15) is 0 Å². The van der Waals surface area contributed by atoms with Crippen LogP contribution < -0.4 is 9.47 Å². The average molecular weight is 1190 g/mol. The zero-order valence-electron chi connectivity index (χ0n) is 50.1. The van der Waals surface area contributed by atoms with Gasteiger partial charge in [0.25, 0.3) is 0 Å². The van der Waals surface area contributed by atoms with Crippen LogP contribution in [0.4, 0.5) is 0 Å². The third-order valence-electron chi connectivity index (χ3n) is 20.2. The molecule has 5 heterocycles. The lowest BCUT2D eigenvalue weighted by Gasteiger charge is -2.40. The van der Waals surface area contributed by atoms with E-state index in [0.29, 0.717) is 0 Å². The van der Waals surface area contributed by atoms with E-state index in [1.54, 1.807) is 0 Å². The van der Waals surface area contributed by atoms with Gasteiger partial charge in [0.2, 0.25) is 0 Å². The molecule has 1 unspecified atom stereocenters. The summed E-state index contributed by atoms with van der Waals surface area (Å²) in [7, 11) is 0. The van der Waals surface area contributed by atoms with Gasteiger partial charge in [-0.05, 0) is 127 Å². The van der Waals surface area contributed by atoms with Gasteiger partial charge in [-0.25, -0.2) is 9.97 Å². The topological polar surface area (TPSA) is 62.1 Å². The maximum atomic E-state index is 7.24. The van der Waals surface area contributed by atoms with E-state index in [2.05, 4.69) is 308 Å². The maximum absolute atomic E-state index is 7.24. The van der Waals surface area contributed by atoms with Gasteiger partial charge in [-0.1, -0.05) is 249 Å². The van der Waals surface area contributed by atoms with E-state index in [4.69, 9.17) is 24.4 Å². The first-order valence-corrected chi connectivity index (χ1v) is 31.8. The summed E-state index contributed by atoms with van der Waals surface area (Å²) in [4.78, 5) is 15.8. The lowest BCUT2D eigenvalue weighted by atomic mass is 9.65. The molecule has 2 spiro atoms. The molecule has 6 heteroatoms. The van der Waals surface area contributed by atoms with Crippen molar-refractivity contribution in [3.05, 3.63) is 360 Å². The minimum absolute atomic E-state index is 0.555. The van der Waals surface area contributed by atoms with Gasteiger partial charge in [0.05, 0.1) is 38.6 Å². The number of hydrogen-bond donors (Lipinski definition) is 0. The lowest BCUT2D eigenvalue weighted by molar-refractivity contribution is 0.438. The molecule has 0 fully saturated rings. The number of hydrogen-bond acceptors (Lipinski definition) is 5. The van der Waals surface area contributed by atoms with Crippen molar-refractivity contribution in [3.63, 3.8) is 0 Å². The average Bonchev–Trinajstić information content (AvgIpc) is 1.58. The highest BCUT2D eigenvalue weighted by Gasteiger charge is 2.53. The number of benzene rings is 13. The second-order valence-corrected chi connectivity index (χ2v) is 24.8. The summed E-state index contributed by atoms with van der Waals surface area (Å²) >= 11 is 0. The molecule has 2 aliphatic carbocycles. The summed E-state index contributed by atoms with van der Waals surface area (Å²) < 4.78 is 16.6. The molecular weight excluding hydrogens is 1130 g/mol. The van der Waals surface area contributed by atoms with Crippen molar-refractivity contribution in [3.8, 4) is 107 Å². The number of imidazole rings is 1. The highest BCUT2D eigenvalue weighted by Crippen LogP contribution is 2.65. The molecule has 0 radical (unpaired) electrons. The molecular formula is C87H52N4O2. The fourth-order valence-corrected chi connectivity index (χ4v) is 16.4. The highest BCUT2D eigenvalue weighted by molar-refractivity contribution is 6.09. The Morgan fingerprint density at radius 1 is 0.301 bits per heavy atom. The van der Waals surface area contributed by atoms with Gasteiger partial charge in [-0.3, -0.25) is 9.55 Å². The van der Waals surface area contributed by atoms with Crippen LogP contribution in [0.1, 0.15) is 44.5 Å². The predicted octanol–water partition coefficient (Wildman–Crippen LogP) is 21.4. The molecule has 4 aliphatic rings. The number of pyridine rings is 2. The summed E-state index contributed by atoms with van der Waals surface area (Å²) in [5.74, 6) is 4.31. The monoisotopic (exact) mass is 1180 g/mol. The largest absolute Gasteiger partial charge is 0.456 e. The first kappa shape index (κ1) is 51.6. The Morgan fingerprint density at radius 2 is 0.806 bits per heavy atom. The predicted molar refractivity (Wildman–Crippen MR) is 374 cm³/mol. The molecule has 0 N–H and O–H groups in total. The molecule has 0 saturated heterocycles. The van der Waals surface area contributed by atoms with Crippen molar-refractivity contribution in [1.29, 1.82) is 0 Å². The zero-order valence-corrected chi connectivity index (χ0v) is 50.1. The Morgan fingerprint density at radius 3 is 1.49 bits per heavy atom. The van der Waals surface area contributed by atoms with Crippen LogP contribution in [0, 0.1) is 0 Å². The fourth-order valence-electron chi connectivity index (χ4n) is 16.4. The van der Waals surface area contributed by atoms with Gasteiger partial charge >= 0.3 is 0 Å². The molecule has 13 aromatic carbocycles. The lowest BCUT2D eigenvalue weighted by Crippen LogP contribution is -2.32. The van der Waals surface area contributed by atoms with Crippen molar-refractivity contribution < 1.29 is 9.47 Å². The zero-order chi connectivity index (χ0) is 60.9. The fraction of sp³-hybridized carbons (Fsp3) is 0.0230. The third-order valence-corrected chi connectivity index (χ3v) is 20.2.